The second-order valence-corrected chi connectivity index (χ2v) is 8.77. The Hall–Kier alpha value is -3.00. The van der Waals surface area contributed by atoms with Gasteiger partial charge in [-0.05, 0) is 53.4 Å². The van der Waals surface area contributed by atoms with Gasteiger partial charge < -0.3 is 9.64 Å². The van der Waals surface area contributed by atoms with Crippen molar-refractivity contribution < 1.29 is 23.9 Å². The van der Waals surface area contributed by atoms with E-state index in [4.69, 9.17) is 4.74 Å². The van der Waals surface area contributed by atoms with Crippen molar-refractivity contribution in [3.63, 3.8) is 0 Å². The molecule has 31 heavy (non-hydrogen) atoms. The highest BCUT2D eigenvalue weighted by atomic mass is 32.1. The lowest BCUT2D eigenvalue weighted by atomic mass is 9.94. The van der Waals surface area contributed by atoms with Gasteiger partial charge in [-0.25, -0.2) is 4.79 Å². The molecule has 0 atom stereocenters. The molecule has 1 aromatic heterocycles. The standard InChI is InChI=1S/C23H24N2O5S/c1-24(12-15-9-10-31-14-15)20(26)13-30-23(29)16-7-8-18-19(11-16)22(28)25(21(18)27)17-5-3-2-4-6-17/h7-11,14,17H,2-6,12-13H2,1H3. The van der Waals surface area contributed by atoms with E-state index in [-0.39, 0.29) is 34.9 Å². The van der Waals surface area contributed by atoms with Gasteiger partial charge in [0.1, 0.15) is 0 Å². The summed E-state index contributed by atoms with van der Waals surface area (Å²) in [6.07, 6.45) is 4.77. The Morgan fingerprint density at radius 3 is 2.55 bits per heavy atom. The fourth-order valence-corrected chi connectivity index (χ4v) is 4.78. The molecule has 2 aromatic rings. The van der Waals surface area contributed by atoms with Crippen LogP contribution in [0, 0.1) is 0 Å². The number of carbonyl (C=O) groups excluding carboxylic acids is 4. The van der Waals surface area contributed by atoms with Crippen LogP contribution < -0.4 is 0 Å². The Labute approximate surface area is 184 Å². The van der Waals surface area contributed by atoms with Crippen molar-refractivity contribution in [2.24, 2.45) is 0 Å². The lowest BCUT2D eigenvalue weighted by Gasteiger charge is -2.29. The summed E-state index contributed by atoms with van der Waals surface area (Å²) in [6.45, 7) is 0.0456. The van der Waals surface area contributed by atoms with Gasteiger partial charge in [0.15, 0.2) is 6.61 Å². The van der Waals surface area contributed by atoms with Gasteiger partial charge in [0.05, 0.1) is 16.7 Å². The molecule has 162 valence electrons. The third kappa shape index (κ3) is 4.39. The van der Waals surface area contributed by atoms with Gasteiger partial charge in [0, 0.05) is 19.6 Å². The van der Waals surface area contributed by atoms with Crippen LogP contribution >= 0.6 is 11.3 Å². The Bertz CT molecular complexity index is 1010. The predicted molar refractivity (Wildman–Crippen MR) is 115 cm³/mol. The number of likely N-dealkylation sites (N-methyl/N-ethyl adjacent to an activating group) is 1. The zero-order valence-corrected chi connectivity index (χ0v) is 18.2. The molecule has 3 amide bonds. The van der Waals surface area contributed by atoms with E-state index in [1.54, 1.807) is 18.4 Å². The van der Waals surface area contributed by atoms with E-state index in [9.17, 15) is 19.2 Å². The molecule has 7 nitrogen and oxygen atoms in total. The third-order valence-electron chi connectivity index (χ3n) is 5.85. The number of rotatable bonds is 6. The van der Waals surface area contributed by atoms with E-state index in [1.807, 2.05) is 16.8 Å². The van der Waals surface area contributed by atoms with Crippen LogP contribution in [0.3, 0.4) is 0 Å². The molecule has 1 aliphatic heterocycles. The quantitative estimate of drug-likeness (QED) is 0.507. The van der Waals surface area contributed by atoms with Gasteiger partial charge >= 0.3 is 5.97 Å². The van der Waals surface area contributed by atoms with Crippen LogP contribution in [0.1, 0.15) is 68.7 Å². The maximum Gasteiger partial charge on any atom is 0.338 e. The lowest BCUT2D eigenvalue weighted by molar-refractivity contribution is -0.133. The molecule has 0 bridgehead atoms. The molecule has 8 heteroatoms. The summed E-state index contributed by atoms with van der Waals surface area (Å²) >= 11 is 1.55. The van der Waals surface area contributed by atoms with Gasteiger partial charge in [0.25, 0.3) is 17.7 Å². The smallest absolute Gasteiger partial charge is 0.338 e. The van der Waals surface area contributed by atoms with Crippen molar-refractivity contribution in [2.45, 2.75) is 44.7 Å². The molecule has 2 aliphatic rings. The van der Waals surface area contributed by atoms with Crippen LogP contribution in [0.5, 0.6) is 0 Å². The highest BCUT2D eigenvalue weighted by Gasteiger charge is 2.40. The second kappa shape index (κ2) is 9.01. The molecule has 0 radical (unpaired) electrons. The van der Waals surface area contributed by atoms with Gasteiger partial charge in [-0.1, -0.05) is 19.3 Å². The average molecular weight is 441 g/mol. The van der Waals surface area contributed by atoms with E-state index >= 15 is 0 Å². The van der Waals surface area contributed by atoms with Gasteiger partial charge in [-0.15, -0.1) is 0 Å². The third-order valence-corrected chi connectivity index (χ3v) is 6.58. The van der Waals surface area contributed by atoms with Crippen molar-refractivity contribution >= 4 is 35.0 Å². The zero-order chi connectivity index (χ0) is 22.0. The Balaban J connectivity index is 1.39. The largest absolute Gasteiger partial charge is 0.452 e. The molecule has 0 unspecified atom stereocenters. The van der Waals surface area contributed by atoms with Crippen LogP contribution in [0.4, 0.5) is 0 Å². The minimum Gasteiger partial charge on any atom is -0.452 e. The summed E-state index contributed by atoms with van der Waals surface area (Å²) < 4.78 is 5.16. The summed E-state index contributed by atoms with van der Waals surface area (Å²) in [5.74, 6) is -1.67. The SMILES string of the molecule is CN(Cc1ccsc1)C(=O)COC(=O)c1ccc2c(c1)C(=O)N(C1CCCCC1)C2=O. The molecule has 1 aliphatic carbocycles. The summed E-state index contributed by atoms with van der Waals surface area (Å²) in [7, 11) is 1.65. The maximum atomic E-state index is 12.9. The molecular formula is C23H24N2O5S. The van der Waals surface area contributed by atoms with Crippen LogP contribution in [0.25, 0.3) is 0 Å². The minimum absolute atomic E-state index is 0.0760. The first kappa shape index (κ1) is 21.2. The first-order valence-electron chi connectivity index (χ1n) is 10.4. The van der Waals surface area contributed by atoms with Crippen LogP contribution in [0.2, 0.25) is 0 Å². The fraction of sp³-hybridized carbons (Fsp3) is 0.391. The fourth-order valence-electron chi connectivity index (χ4n) is 4.12. The van der Waals surface area contributed by atoms with Crippen molar-refractivity contribution in [2.75, 3.05) is 13.7 Å². The summed E-state index contributed by atoms with van der Waals surface area (Å²) in [6, 6.07) is 6.23. The number of thiophene rings is 1. The van der Waals surface area contributed by atoms with Crippen molar-refractivity contribution in [1.82, 2.24) is 9.80 Å². The number of ether oxygens (including phenoxy) is 1. The number of esters is 1. The number of benzene rings is 1. The maximum absolute atomic E-state index is 12.9. The zero-order valence-electron chi connectivity index (χ0n) is 17.3. The first-order valence-corrected chi connectivity index (χ1v) is 11.3. The molecule has 1 aromatic carbocycles. The number of hydrogen-bond acceptors (Lipinski definition) is 6. The molecule has 0 spiro atoms. The number of amides is 3. The van der Waals surface area contributed by atoms with Crippen LogP contribution in [-0.4, -0.2) is 53.2 Å². The van der Waals surface area contributed by atoms with Crippen LogP contribution in [-0.2, 0) is 16.1 Å². The minimum atomic E-state index is -0.698. The number of fused-ring (bicyclic) bond motifs is 1. The Morgan fingerprint density at radius 1 is 1.10 bits per heavy atom. The second-order valence-electron chi connectivity index (χ2n) is 7.99. The number of carbonyl (C=O) groups is 4. The lowest BCUT2D eigenvalue weighted by Crippen LogP contribution is -2.40. The predicted octanol–water partition coefficient (Wildman–Crippen LogP) is 3.49. The van der Waals surface area contributed by atoms with E-state index in [0.717, 1.165) is 37.7 Å². The van der Waals surface area contributed by atoms with Gasteiger partial charge in [-0.2, -0.15) is 11.3 Å². The Morgan fingerprint density at radius 2 is 1.84 bits per heavy atom. The van der Waals surface area contributed by atoms with Gasteiger partial charge in [-0.3, -0.25) is 19.3 Å². The van der Waals surface area contributed by atoms with Crippen molar-refractivity contribution in [3.8, 4) is 0 Å². The molecule has 0 N–H and O–H groups in total. The molecule has 4 rings (SSSR count). The monoisotopic (exact) mass is 440 g/mol. The van der Waals surface area contributed by atoms with E-state index in [1.165, 1.54) is 28.0 Å². The van der Waals surface area contributed by atoms with E-state index in [0.29, 0.717) is 12.1 Å². The first-order chi connectivity index (χ1) is 15.0. The topological polar surface area (TPSA) is 84.0 Å². The molecule has 1 fully saturated rings. The normalized spacial score (nSPS) is 16.4. The molecular weight excluding hydrogens is 416 g/mol. The number of imide groups is 1. The van der Waals surface area contributed by atoms with Crippen molar-refractivity contribution in [3.05, 3.63) is 57.3 Å². The average Bonchev–Trinajstić information content (AvgIpc) is 3.38. The summed E-state index contributed by atoms with van der Waals surface area (Å²) in [5.41, 5.74) is 1.71. The Kier molecular flexibility index (Phi) is 6.18. The molecule has 2 heterocycles. The highest BCUT2D eigenvalue weighted by Crippen LogP contribution is 2.31. The molecule has 1 saturated carbocycles. The highest BCUT2D eigenvalue weighted by molar-refractivity contribution is 7.07. The molecule has 0 saturated heterocycles. The summed E-state index contributed by atoms with van der Waals surface area (Å²) in [5, 5.41) is 3.89. The van der Waals surface area contributed by atoms with E-state index < -0.39 is 12.6 Å². The van der Waals surface area contributed by atoms with Gasteiger partial charge in [0.2, 0.25) is 0 Å². The summed E-state index contributed by atoms with van der Waals surface area (Å²) in [4.78, 5) is 53.2. The van der Waals surface area contributed by atoms with Crippen LogP contribution in [0.15, 0.2) is 35.0 Å². The van der Waals surface area contributed by atoms with E-state index in [2.05, 4.69) is 0 Å². The van der Waals surface area contributed by atoms with Crippen molar-refractivity contribution in [1.29, 1.82) is 0 Å². The number of hydrogen-bond donors (Lipinski definition) is 0. The number of nitrogens with zero attached hydrogens (tertiary/aromatic N) is 2.